The van der Waals surface area contributed by atoms with Gasteiger partial charge in [-0.3, -0.25) is 4.79 Å². The van der Waals surface area contributed by atoms with Crippen molar-refractivity contribution in [1.29, 1.82) is 0 Å². The molecule has 1 fully saturated rings. The molecular formula is C28H31Cl2N3O5S2. The quantitative estimate of drug-likeness (QED) is 0.323. The second-order valence-electron chi connectivity index (χ2n) is 9.50. The summed E-state index contributed by atoms with van der Waals surface area (Å²) in [6.45, 7) is 0.998. The van der Waals surface area contributed by atoms with E-state index in [0.717, 1.165) is 28.3 Å². The molecule has 8 nitrogen and oxygen atoms in total. The Balaban J connectivity index is 1.39. The monoisotopic (exact) mass is 623 g/mol. The summed E-state index contributed by atoms with van der Waals surface area (Å²) in [5.41, 5.74) is 1.77. The maximum Gasteiger partial charge on any atom is 0.245 e. The third-order valence-electron chi connectivity index (χ3n) is 6.69. The highest BCUT2D eigenvalue weighted by Crippen LogP contribution is 2.28. The number of benzene rings is 3. The molecule has 0 aromatic heterocycles. The van der Waals surface area contributed by atoms with Gasteiger partial charge in [-0.15, -0.1) is 0 Å². The maximum atomic E-state index is 13.5. The molecule has 3 aromatic rings. The molecule has 1 saturated heterocycles. The number of halogens is 2. The van der Waals surface area contributed by atoms with Crippen LogP contribution in [0.2, 0.25) is 10.0 Å². The van der Waals surface area contributed by atoms with Crippen LogP contribution in [0.4, 0.5) is 0 Å². The Morgan fingerprint density at radius 3 is 2.17 bits per heavy atom. The van der Waals surface area contributed by atoms with E-state index in [-0.39, 0.29) is 32.9 Å². The van der Waals surface area contributed by atoms with Gasteiger partial charge in [0.2, 0.25) is 26.0 Å². The fourth-order valence-electron chi connectivity index (χ4n) is 4.46. The molecule has 1 aliphatic heterocycles. The largest absolute Gasteiger partial charge is 0.355 e. The summed E-state index contributed by atoms with van der Waals surface area (Å²) in [7, 11) is -7.62. The number of rotatable bonds is 12. The number of amides is 1. The van der Waals surface area contributed by atoms with Crippen LogP contribution < -0.4 is 5.32 Å². The molecule has 3 aromatic carbocycles. The van der Waals surface area contributed by atoms with Crippen molar-refractivity contribution < 1.29 is 21.6 Å². The van der Waals surface area contributed by atoms with Crippen LogP contribution in [0.15, 0.2) is 82.6 Å². The first-order valence-electron chi connectivity index (χ1n) is 12.9. The third-order valence-corrected chi connectivity index (χ3v) is 11.2. The van der Waals surface area contributed by atoms with Gasteiger partial charge in [0.15, 0.2) is 0 Å². The average molecular weight is 625 g/mol. The molecule has 1 heterocycles. The summed E-state index contributed by atoms with van der Waals surface area (Å²) in [6, 6.07) is 20.2. The number of carbonyl (C=O) groups excluding carboxylic acids is 1. The van der Waals surface area contributed by atoms with E-state index in [1.54, 1.807) is 24.3 Å². The summed E-state index contributed by atoms with van der Waals surface area (Å²) in [6.07, 6.45) is 2.59. The van der Waals surface area contributed by atoms with E-state index in [0.29, 0.717) is 25.9 Å². The molecule has 0 radical (unpaired) electrons. The number of hydrogen-bond acceptors (Lipinski definition) is 5. The van der Waals surface area contributed by atoms with Gasteiger partial charge in [-0.05, 0) is 67.1 Å². The zero-order valence-electron chi connectivity index (χ0n) is 21.8. The fraction of sp³-hybridized carbons (Fsp3) is 0.321. The zero-order chi connectivity index (χ0) is 28.8. The molecule has 4 rings (SSSR count). The van der Waals surface area contributed by atoms with Crippen LogP contribution in [0.25, 0.3) is 0 Å². The fourth-order valence-corrected chi connectivity index (χ4v) is 8.12. The maximum absolute atomic E-state index is 13.5. The number of sulfonamides is 2. The SMILES string of the molecule is O=C(CN(CCc1ccccc1)S(=O)(=O)c1cc(Cl)ccc1Cl)NCCc1ccc(S(=O)(=O)N2CCCC2)cc1. The minimum atomic E-state index is -4.13. The molecule has 0 unspecified atom stereocenters. The van der Waals surface area contributed by atoms with Crippen molar-refractivity contribution in [3.63, 3.8) is 0 Å². The van der Waals surface area contributed by atoms with Gasteiger partial charge in [0, 0.05) is 31.2 Å². The molecule has 1 amide bonds. The Kier molecular flexibility index (Phi) is 10.3. The number of hydrogen-bond donors (Lipinski definition) is 1. The molecule has 0 bridgehead atoms. The highest BCUT2D eigenvalue weighted by Gasteiger charge is 2.29. The van der Waals surface area contributed by atoms with Crippen LogP contribution in [-0.2, 0) is 37.7 Å². The standard InChI is InChI=1S/C28H31Cl2N3O5S2/c29-24-10-13-26(30)27(20-24)40(37,38)33(19-15-22-6-2-1-3-7-22)21-28(34)31-16-14-23-8-11-25(12-9-23)39(35,36)32-17-4-5-18-32/h1-3,6-13,20H,4-5,14-19,21H2,(H,31,34). The lowest BCUT2D eigenvalue weighted by molar-refractivity contribution is -0.121. The smallest absolute Gasteiger partial charge is 0.245 e. The third kappa shape index (κ3) is 7.63. The zero-order valence-corrected chi connectivity index (χ0v) is 24.9. The van der Waals surface area contributed by atoms with Crippen LogP contribution in [0.1, 0.15) is 24.0 Å². The van der Waals surface area contributed by atoms with E-state index in [4.69, 9.17) is 23.2 Å². The lowest BCUT2D eigenvalue weighted by Crippen LogP contribution is -2.42. The highest BCUT2D eigenvalue weighted by atomic mass is 35.5. The second kappa shape index (κ2) is 13.5. The minimum absolute atomic E-state index is 0.0183. The molecule has 0 aliphatic carbocycles. The topological polar surface area (TPSA) is 104 Å². The Labute approximate surface area is 246 Å². The number of nitrogens with zero attached hydrogens (tertiary/aromatic N) is 2. The van der Waals surface area contributed by atoms with E-state index in [9.17, 15) is 21.6 Å². The molecule has 40 heavy (non-hydrogen) atoms. The summed E-state index contributed by atoms with van der Waals surface area (Å²) < 4.78 is 55.1. The number of nitrogens with one attached hydrogen (secondary N) is 1. The van der Waals surface area contributed by atoms with Gasteiger partial charge in [0.1, 0.15) is 4.90 Å². The van der Waals surface area contributed by atoms with Crippen molar-refractivity contribution >= 4 is 49.2 Å². The van der Waals surface area contributed by atoms with Crippen LogP contribution >= 0.6 is 23.2 Å². The van der Waals surface area contributed by atoms with Crippen LogP contribution in [0, 0.1) is 0 Å². The molecule has 0 spiro atoms. The summed E-state index contributed by atoms with van der Waals surface area (Å²) in [5.74, 6) is -0.469. The molecule has 1 N–H and O–H groups in total. The predicted molar refractivity (Wildman–Crippen MR) is 157 cm³/mol. The highest BCUT2D eigenvalue weighted by molar-refractivity contribution is 7.89. The first-order chi connectivity index (χ1) is 19.1. The lowest BCUT2D eigenvalue weighted by atomic mass is 10.1. The van der Waals surface area contributed by atoms with Gasteiger partial charge in [-0.25, -0.2) is 16.8 Å². The molecular weight excluding hydrogens is 593 g/mol. The van der Waals surface area contributed by atoms with E-state index < -0.39 is 32.5 Å². The summed E-state index contributed by atoms with van der Waals surface area (Å²) in [4.78, 5) is 12.9. The van der Waals surface area contributed by atoms with Gasteiger partial charge in [0.05, 0.1) is 16.5 Å². The first-order valence-corrected chi connectivity index (χ1v) is 16.6. The molecule has 0 atom stereocenters. The Hall–Kier alpha value is -2.47. The van der Waals surface area contributed by atoms with Crippen LogP contribution in [-0.4, -0.2) is 64.1 Å². The normalized spacial score (nSPS) is 14.5. The average Bonchev–Trinajstić information content (AvgIpc) is 3.49. The van der Waals surface area contributed by atoms with Gasteiger partial charge in [-0.1, -0.05) is 65.7 Å². The summed E-state index contributed by atoms with van der Waals surface area (Å²) in [5, 5.41) is 3.00. The van der Waals surface area contributed by atoms with E-state index >= 15 is 0 Å². The van der Waals surface area contributed by atoms with E-state index in [2.05, 4.69) is 5.32 Å². The van der Waals surface area contributed by atoms with Crippen molar-refractivity contribution in [2.24, 2.45) is 0 Å². The second-order valence-corrected chi connectivity index (χ2v) is 14.2. The van der Waals surface area contributed by atoms with Crippen LogP contribution in [0.5, 0.6) is 0 Å². The lowest BCUT2D eigenvalue weighted by Gasteiger charge is -2.22. The molecule has 1 aliphatic rings. The Bertz CT molecular complexity index is 1530. The van der Waals surface area contributed by atoms with E-state index in [1.165, 1.54) is 22.5 Å². The van der Waals surface area contributed by atoms with Crippen molar-refractivity contribution in [1.82, 2.24) is 13.9 Å². The van der Waals surface area contributed by atoms with Crippen molar-refractivity contribution in [2.45, 2.75) is 35.5 Å². The molecule has 12 heteroatoms. The van der Waals surface area contributed by atoms with Gasteiger partial charge >= 0.3 is 0 Å². The Morgan fingerprint density at radius 1 is 0.850 bits per heavy atom. The first kappa shape index (κ1) is 30.5. The van der Waals surface area contributed by atoms with Crippen molar-refractivity contribution in [3.05, 3.63) is 94.0 Å². The van der Waals surface area contributed by atoms with Crippen LogP contribution in [0.3, 0.4) is 0 Å². The molecule has 0 saturated carbocycles. The predicted octanol–water partition coefficient (Wildman–Crippen LogP) is 4.37. The van der Waals surface area contributed by atoms with Gasteiger partial charge in [0.25, 0.3) is 0 Å². The van der Waals surface area contributed by atoms with E-state index in [1.807, 2.05) is 30.3 Å². The summed E-state index contributed by atoms with van der Waals surface area (Å²) >= 11 is 12.2. The Morgan fingerprint density at radius 2 is 1.50 bits per heavy atom. The minimum Gasteiger partial charge on any atom is -0.355 e. The number of carbonyl (C=O) groups is 1. The van der Waals surface area contributed by atoms with Crippen molar-refractivity contribution in [2.75, 3.05) is 32.7 Å². The molecule has 214 valence electrons. The van der Waals surface area contributed by atoms with Gasteiger partial charge < -0.3 is 5.32 Å². The van der Waals surface area contributed by atoms with Crippen molar-refractivity contribution in [3.8, 4) is 0 Å². The van der Waals surface area contributed by atoms with Gasteiger partial charge in [-0.2, -0.15) is 8.61 Å².